The van der Waals surface area contributed by atoms with E-state index >= 15 is 4.39 Å². The fourth-order valence-electron chi connectivity index (χ4n) is 8.56. The molecule has 3 aromatic carbocycles. The van der Waals surface area contributed by atoms with Crippen LogP contribution < -0.4 is 24.6 Å². The van der Waals surface area contributed by atoms with Crippen LogP contribution in [0, 0.1) is 37.8 Å². The fourth-order valence-corrected chi connectivity index (χ4v) is 9.62. The molecule has 20 heteroatoms. The number of Topliss-reactive ketones (excluding diaryl/α,β-unsaturated/α-hetero) is 1. The molecule has 1 N–H and O–H groups in total. The lowest BCUT2D eigenvalue weighted by molar-refractivity contribution is -0.386. The molecule has 0 spiro atoms. The number of nitro groups is 2. The highest BCUT2D eigenvalue weighted by atomic mass is 32.2. The molecule has 63 heavy (non-hydrogen) atoms. The van der Waals surface area contributed by atoms with Gasteiger partial charge in [-0.3, -0.25) is 25.0 Å². The van der Waals surface area contributed by atoms with Crippen LogP contribution in [0.2, 0.25) is 0 Å². The molecule has 0 amide bonds. The number of hydrogen-bond donors (Lipinski definition) is 1. The monoisotopic (exact) mass is 874 g/mol. The first kappa shape index (κ1) is 41.0. The third-order valence-corrected chi connectivity index (χ3v) is 12.8. The zero-order valence-electron chi connectivity index (χ0n) is 33.2. The van der Waals surface area contributed by atoms with E-state index in [1.165, 1.54) is 53.7 Å². The first-order chi connectivity index (χ1) is 30.6. The number of carbonyl (C=O) groups is 1. The van der Waals surface area contributed by atoms with Crippen LogP contribution in [-0.2, 0) is 5.54 Å². The number of para-hydroxylation sites is 1. The number of ketones is 1. The molecule has 0 saturated carbocycles. The van der Waals surface area contributed by atoms with Crippen molar-refractivity contribution in [2.24, 2.45) is 5.92 Å². The van der Waals surface area contributed by atoms with Gasteiger partial charge in [-0.1, -0.05) is 24.3 Å². The van der Waals surface area contributed by atoms with Crippen molar-refractivity contribution in [1.82, 2.24) is 24.9 Å². The molecular formula is C43H36F2N10O7S. The quantitative estimate of drug-likeness (QED) is 0.0702. The van der Waals surface area contributed by atoms with Gasteiger partial charge in [-0.15, -0.1) is 11.8 Å². The summed E-state index contributed by atoms with van der Waals surface area (Å²) in [4.78, 5) is 65.8. The SMILES string of the molecule is O=C(c1ccc(F)cc1)C1CCN(c2ncnc(Nc3ccccc3F)c2[N+](=O)[O-])C(c2ccc3c(c2)OCO3)(c2ncnc(N3CCC(Sc4ccccn4)CC3)c2[N+](=O)[O-])C1. The van der Waals surface area contributed by atoms with Crippen LogP contribution in [-0.4, -0.2) is 72.2 Å². The zero-order chi connectivity index (χ0) is 43.7. The van der Waals surface area contributed by atoms with Gasteiger partial charge in [-0.2, -0.15) is 0 Å². The van der Waals surface area contributed by atoms with Crippen molar-refractivity contribution in [1.29, 1.82) is 0 Å². The summed E-state index contributed by atoms with van der Waals surface area (Å²) >= 11 is 1.63. The van der Waals surface area contributed by atoms with Crippen LogP contribution in [0.5, 0.6) is 11.5 Å². The number of ether oxygens (including phenoxy) is 2. The molecule has 3 aliphatic rings. The summed E-state index contributed by atoms with van der Waals surface area (Å²) in [6, 6.07) is 21.2. The van der Waals surface area contributed by atoms with Crippen molar-refractivity contribution < 1.29 is 32.9 Å². The Labute approximate surface area is 361 Å². The number of hydrogen-bond acceptors (Lipinski definition) is 16. The summed E-state index contributed by atoms with van der Waals surface area (Å²) in [6.45, 7) is 0.541. The van der Waals surface area contributed by atoms with Crippen LogP contribution >= 0.6 is 11.8 Å². The minimum Gasteiger partial charge on any atom is -0.454 e. The van der Waals surface area contributed by atoms with E-state index in [9.17, 15) is 29.4 Å². The highest BCUT2D eigenvalue weighted by Crippen LogP contribution is 2.54. The summed E-state index contributed by atoms with van der Waals surface area (Å²) in [5.41, 5.74) is -2.82. The Bertz CT molecular complexity index is 2710. The van der Waals surface area contributed by atoms with Crippen molar-refractivity contribution in [2.75, 3.05) is 41.5 Å². The lowest BCUT2D eigenvalue weighted by atomic mass is 9.70. The largest absolute Gasteiger partial charge is 0.454 e. The number of nitrogens with zero attached hydrogens (tertiary/aromatic N) is 9. The predicted molar refractivity (Wildman–Crippen MR) is 227 cm³/mol. The highest BCUT2D eigenvalue weighted by Gasteiger charge is 2.55. The molecule has 3 aliphatic heterocycles. The molecule has 0 radical (unpaired) electrons. The van der Waals surface area contributed by atoms with Crippen LogP contribution in [0.1, 0.15) is 47.3 Å². The average Bonchev–Trinajstić information content (AvgIpc) is 3.78. The smallest absolute Gasteiger partial charge is 0.353 e. The minimum atomic E-state index is -1.90. The normalized spacial score (nSPS) is 18.5. The van der Waals surface area contributed by atoms with Gasteiger partial charge in [0.05, 0.1) is 20.6 Å². The molecule has 6 aromatic rings. The second-order valence-corrected chi connectivity index (χ2v) is 16.3. The molecular weight excluding hydrogens is 839 g/mol. The van der Waals surface area contributed by atoms with Gasteiger partial charge in [0, 0.05) is 42.6 Å². The van der Waals surface area contributed by atoms with Crippen molar-refractivity contribution in [3.63, 3.8) is 0 Å². The molecule has 2 saturated heterocycles. The maximum absolute atomic E-state index is 15.0. The maximum atomic E-state index is 15.0. The molecule has 3 aromatic heterocycles. The Morgan fingerprint density at radius 3 is 2.27 bits per heavy atom. The predicted octanol–water partition coefficient (Wildman–Crippen LogP) is 8.03. The standard InChI is InChI=1S/C43H36F2N10O7S/c44-29-11-8-26(9-12-29)38(56)27-14-20-53(42-37(55(59)60)40(48-24-50-42)51-32-6-2-1-5-31(32)45)43(22-27,28-10-13-33-34(21-28)62-25-61-33)39-36(54(57)58)41(49-23-47-39)52-18-15-30(16-19-52)63-35-7-3-4-17-46-35/h1-13,17,21,23-24,27,30H,14-16,18-20,22,25H2,(H,48,50,51). The third-order valence-electron chi connectivity index (χ3n) is 11.5. The van der Waals surface area contributed by atoms with Crippen molar-refractivity contribution >= 4 is 52.1 Å². The fraction of sp³-hybridized carbons (Fsp3) is 0.256. The Hall–Kier alpha value is -7.35. The lowest BCUT2D eigenvalue weighted by Crippen LogP contribution is -2.55. The highest BCUT2D eigenvalue weighted by molar-refractivity contribution is 7.99. The number of fused-ring (bicyclic) bond motifs is 1. The van der Waals surface area contributed by atoms with Crippen molar-refractivity contribution in [3.8, 4) is 11.5 Å². The van der Waals surface area contributed by atoms with E-state index < -0.39 is 44.3 Å². The number of aromatic nitrogens is 5. The molecule has 2 fully saturated rings. The van der Waals surface area contributed by atoms with Gasteiger partial charge in [0.25, 0.3) is 0 Å². The molecule has 6 heterocycles. The van der Waals surface area contributed by atoms with Gasteiger partial charge in [0.1, 0.15) is 29.8 Å². The number of halogens is 2. The molecule has 9 rings (SSSR count). The minimum absolute atomic E-state index is 0.0254. The Morgan fingerprint density at radius 1 is 0.794 bits per heavy atom. The van der Waals surface area contributed by atoms with Gasteiger partial charge in [0.15, 0.2) is 23.0 Å². The van der Waals surface area contributed by atoms with Gasteiger partial charge in [0.2, 0.25) is 24.2 Å². The number of rotatable bonds is 12. The lowest BCUT2D eigenvalue weighted by Gasteiger charge is -2.49. The maximum Gasteiger partial charge on any atom is 0.353 e. The van der Waals surface area contributed by atoms with E-state index in [4.69, 9.17) is 9.47 Å². The summed E-state index contributed by atoms with van der Waals surface area (Å²) in [5.74, 6) is -2.50. The first-order valence-electron chi connectivity index (χ1n) is 19.9. The Balaban J connectivity index is 1.24. The van der Waals surface area contributed by atoms with Crippen LogP contribution in [0.3, 0.4) is 0 Å². The van der Waals surface area contributed by atoms with Gasteiger partial charge in [-0.05, 0) is 91.9 Å². The van der Waals surface area contributed by atoms with Crippen molar-refractivity contribution in [2.45, 2.75) is 41.5 Å². The van der Waals surface area contributed by atoms with E-state index in [0.717, 1.165) is 11.4 Å². The molecule has 320 valence electrons. The summed E-state index contributed by atoms with van der Waals surface area (Å²) in [6.07, 6.45) is 5.14. The summed E-state index contributed by atoms with van der Waals surface area (Å²) in [5, 5.41) is 30.7. The van der Waals surface area contributed by atoms with Gasteiger partial charge in [-0.25, -0.2) is 33.7 Å². The number of benzene rings is 3. The number of pyridine rings is 1. The number of nitrogens with one attached hydrogen (secondary N) is 1. The van der Waals surface area contributed by atoms with E-state index in [1.54, 1.807) is 42.2 Å². The van der Waals surface area contributed by atoms with E-state index in [2.05, 4.69) is 30.2 Å². The Morgan fingerprint density at radius 2 is 1.52 bits per heavy atom. The number of carbonyl (C=O) groups excluding carboxylic acids is 1. The summed E-state index contributed by atoms with van der Waals surface area (Å²) < 4.78 is 40.6. The van der Waals surface area contributed by atoms with E-state index in [1.807, 2.05) is 23.1 Å². The van der Waals surface area contributed by atoms with Gasteiger partial charge < -0.3 is 24.6 Å². The summed E-state index contributed by atoms with van der Waals surface area (Å²) in [7, 11) is 0. The molecule has 2 atom stereocenters. The number of piperidine rings is 2. The zero-order valence-corrected chi connectivity index (χ0v) is 34.0. The average molecular weight is 875 g/mol. The molecule has 0 bridgehead atoms. The number of thioether (sulfide) groups is 1. The van der Waals surface area contributed by atoms with Crippen LogP contribution in [0.15, 0.2) is 109 Å². The van der Waals surface area contributed by atoms with Gasteiger partial charge >= 0.3 is 11.4 Å². The van der Waals surface area contributed by atoms with E-state index in [0.29, 0.717) is 37.2 Å². The second-order valence-electron chi connectivity index (χ2n) is 15.0. The van der Waals surface area contributed by atoms with Crippen LogP contribution in [0.25, 0.3) is 0 Å². The first-order valence-corrected chi connectivity index (χ1v) is 20.8. The molecule has 17 nitrogen and oxygen atoms in total. The molecule has 0 aliphatic carbocycles. The third kappa shape index (κ3) is 7.88. The second kappa shape index (κ2) is 17.2. The molecule has 2 unspecified atom stereocenters. The Kier molecular flexibility index (Phi) is 11.2. The van der Waals surface area contributed by atoms with Crippen molar-refractivity contribution in [3.05, 3.63) is 152 Å². The van der Waals surface area contributed by atoms with Crippen LogP contribution in [0.4, 0.5) is 43.3 Å². The number of anilines is 4. The topological polar surface area (TPSA) is 205 Å². The van der Waals surface area contributed by atoms with E-state index in [-0.39, 0.29) is 77.4 Å².